The molecule has 2 unspecified atom stereocenters. The lowest BCUT2D eigenvalue weighted by atomic mass is 10.1. The summed E-state index contributed by atoms with van der Waals surface area (Å²) in [7, 11) is 0. The van der Waals surface area contributed by atoms with Gasteiger partial charge in [-0.05, 0) is 37.5 Å². The van der Waals surface area contributed by atoms with Gasteiger partial charge in [-0.2, -0.15) is 0 Å². The van der Waals surface area contributed by atoms with Gasteiger partial charge in [0, 0.05) is 23.8 Å². The molecular weight excluding hydrogens is 234 g/mol. The van der Waals surface area contributed by atoms with Crippen LogP contribution in [0, 0.1) is 11.3 Å². The van der Waals surface area contributed by atoms with Crippen LogP contribution in [0.3, 0.4) is 0 Å². The molecule has 0 spiro atoms. The highest BCUT2D eigenvalue weighted by Gasteiger charge is 2.26. The van der Waals surface area contributed by atoms with Crippen LogP contribution in [-0.2, 0) is 0 Å². The molecule has 4 heteroatoms. The number of nitrogens with two attached hydrogens (primary N) is 1. The fraction of sp³-hybridized carbons (Fsp3) is 0.462. The minimum atomic E-state index is 0.0180. The van der Waals surface area contributed by atoms with Crippen LogP contribution in [0.5, 0.6) is 0 Å². The Morgan fingerprint density at radius 2 is 2.18 bits per heavy atom. The van der Waals surface area contributed by atoms with Gasteiger partial charge in [-0.1, -0.05) is 18.5 Å². The van der Waals surface area contributed by atoms with E-state index >= 15 is 0 Å². The van der Waals surface area contributed by atoms with E-state index < -0.39 is 0 Å². The molecule has 0 aliphatic carbocycles. The Balaban J connectivity index is 2.29. The molecule has 1 aliphatic heterocycles. The second-order valence-electron chi connectivity index (χ2n) is 4.92. The molecule has 1 heterocycles. The zero-order chi connectivity index (χ0) is 12.6. The van der Waals surface area contributed by atoms with Gasteiger partial charge in [0.05, 0.1) is 5.02 Å². The summed E-state index contributed by atoms with van der Waals surface area (Å²) in [5.74, 6) is 0.737. The van der Waals surface area contributed by atoms with Crippen molar-refractivity contribution in [2.45, 2.75) is 26.3 Å². The quantitative estimate of drug-likeness (QED) is 0.627. The average molecular weight is 252 g/mol. The Morgan fingerprint density at radius 3 is 2.65 bits per heavy atom. The number of rotatable bonds is 2. The van der Waals surface area contributed by atoms with Crippen LogP contribution in [0.4, 0.5) is 5.69 Å². The first-order valence-electron chi connectivity index (χ1n) is 5.89. The third-order valence-corrected chi connectivity index (χ3v) is 3.67. The monoisotopic (exact) mass is 251 g/mol. The van der Waals surface area contributed by atoms with Gasteiger partial charge in [0.1, 0.15) is 5.84 Å². The van der Waals surface area contributed by atoms with Gasteiger partial charge in [0.15, 0.2) is 0 Å². The number of benzene rings is 1. The molecule has 0 radical (unpaired) electrons. The summed E-state index contributed by atoms with van der Waals surface area (Å²) in [5, 5.41) is 7.96. The average Bonchev–Trinajstić information content (AvgIpc) is 2.57. The molecule has 2 atom stereocenters. The van der Waals surface area contributed by atoms with Crippen molar-refractivity contribution >= 4 is 23.1 Å². The fourth-order valence-corrected chi connectivity index (χ4v) is 2.84. The van der Waals surface area contributed by atoms with Crippen molar-refractivity contribution in [3.05, 3.63) is 28.8 Å². The fourth-order valence-electron chi connectivity index (χ4n) is 2.56. The molecule has 0 aromatic heterocycles. The van der Waals surface area contributed by atoms with Crippen LogP contribution >= 0.6 is 11.6 Å². The highest BCUT2D eigenvalue weighted by molar-refractivity contribution is 6.34. The topological polar surface area (TPSA) is 53.1 Å². The summed E-state index contributed by atoms with van der Waals surface area (Å²) in [4.78, 5) is 2.36. The third-order valence-electron chi connectivity index (χ3n) is 3.36. The Morgan fingerprint density at radius 1 is 1.47 bits per heavy atom. The van der Waals surface area contributed by atoms with E-state index in [0.29, 0.717) is 16.6 Å². The first-order chi connectivity index (χ1) is 7.99. The molecule has 1 aliphatic rings. The van der Waals surface area contributed by atoms with Gasteiger partial charge in [0.25, 0.3) is 0 Å². The Kier molecular flexibility index (Phi) is 3.29. The van der Waals surface area contributed by atoms with Gasteiger partial charge >= 0.3 is 0 Å². The molecule has 1 aromatic rings. The molecule has 92 valence electrons. The van der Waals surface area contributed by atoms with E-state index in [-0.39, 0.29) is 5.84 Å². The first kappa shape index (κ1) is 12.2. The minimum absolute atomic E-state index is 0.0180. The smallest absolute Gasteiger partial charge is 0.124 e. The molecular formula is C13H18ClN3. The number of nitrogens with zero attached hydrogens (tertiary/aromatic N) is 1. The van der Waals surface area contributed by atoms with Crippen LogP contribution < -0.4 is 10.6 Å². The van der Waals surface area contributed by atoms with Crippen molar-refractivity contribution in [1.82, 2.24) is 0 Å². The molecule has 1 aromatic carbocycles. The van der Waals surface area contributed by atoms with Crippen molar-refractivity contribution in [2.24, 2.45) is 11.7 Å². The van der Waals surface area contributed by atoms with Crippen molar-refractivity contribution in [1.29, 1.82) is 5.41 Å². The summed E-state index contributed by atoms with van der Waals surface area (Å²) in [6.45, 7) is 5.56. The molecule has 1 saturated heterocycles. The Labute approximate surface area is 107 Å². The summed E-state index contributed by atoms with van der Waals surface area (Å²) in [6, 6.07) is 6.28. The molecule has 0 amide bonds. The second-order valence-corrected chi connectivity index (χ2v) is 5.33. The van der Waals surface area contributed by atoms with Crippen LogP contribution in [0.2, 0.25) is 5.02 Å². The molecule has 3 nitrogen and oxygen atoms in total. The highest BCUT2D eigenvalue weighted by atomic mass is 35.5. The molecule has 0 bridgehead atoms. The predicted octanol–water partition coefficient (Wildman–Crippen LogP) is 2.86. The van der Waals surface area contributed by atoms with Gasteiger partial charge < -0.3 is 10.6 Å². The maximum absolute atomic E-state index is 7.41. The second kappa shape index (κ2) is 4.57. The molecule has 3 N–H and O–H groups in total. The first-order valence-corrected chi connectivity index (χ1v) is 6.27. The molecule has 1 fully saturated rings. The van der Waals surface area contributed by atoms with E-state index in [1.807, 2.05) is 18.2 Å². The highest BCUT2D eigenvalue weighted by Crippen LogP contribution is 2.31. The van der Waals surface area contributed by atoms with Gasteiger partial charge in [-0.25, -0.2) is 0 Å². The van der Waals surface area contributed by atoms with Crippen molar-refractivity contribution in [3.63, 3.8) is 0 Å². The number of hydrogen-bond donors (Lipinski definition) is 2. The number of nitrogens with one attached hydrogen (secondary N) is 1. The Hall–Kier alpha value is -1.22. The maximum atomic E-state index is 7.41. The number of halogens is 1. The lowest BCUT2D eigenvalue weighted by Crippen LogP contribution is -2.26. The third kappa shape index (κ3) is 2.39. The van der Waals surface area contributed by atoms with Crippen molar-refractivity contribution in [2.75, 3.05) is 11.4 Å². The molecule has 17 heavy (non-hydrogen) atoms. The van der Waals surface area contributed by atoms with Crippen LogP contribution in [-0.4, -0.2) is 18.4 Å². The molecule has 2 rings (SSSR count). The van der Waals surface area contributed by atoms with E-state index in [0.717, 1.165) is 18.2 Å². The van der Waals surface area contributed by atoms with Gasteiger partial charge in [0.2, 0.25) is 0 Å². The van der Waals surface area contributed by atoms with Crippen molar-refractivity contribution < 1.29 is 0 Å². The largest absolute Gasteiger partial charge is 0.384 e. The van der Waals surface area contributed by atoms with Crippen LogP contribution in [0.1, 0.15) is 25.8 Å². The minimum Gasteiger partial charge on any atom is -0.384 e. The lowest BCUT2D eigenvalue weighted by molar-refractivity contribution is 0.625. The summed E-state index contributed by atoms with van der Waals surface area (Å²) < 4.78 is 0. The SMILES string of the molecule is CC1CC(C)N(c2ccc(C(=N)N)c(Cl)c2)C1. The lowest BCUT2D eigenvalue weighted by Gasteiger charge is -2.24. The van der Waals surface area contributed by atoms with Crippen LogP contribution in [0.25, 0.3) is 0 Å². The normalized spacial score (nSPS) is 24.1. The number of amidine groups is 1. The number of nitrogen functional groups attached to an aromatic ring is 1. The standard InChI is InChI=1S/C13H18ClN3/c1-8-5-9(2)17(7-8)10-3-4-11(13(15)16)12(14)6-10/h3-4,6,8-9H,5,7H2,1-2H3,(H3,15,16). The van der Waals surface area contributed by atoms with Crippen LogP contribution in [0.15, 0.2) is 18.2 Å². The maximum Gasteiger partial charge on any atom is 0.124 e. The predicted molar refractivity (Wildman–Crippen MR) is 73.1 cm³/mol. The summed E-state index contributed by atoms with van der Waals surface area (Å²) in [6.07, 6.45) is 1.21. The van der Waals surface area contributed by atoms with E-state index in [1.54, 1.807) is 0 Å². The van der Waals surface area contributed by atoms with Gasteiger partial charge in [-0.3, -0.25) is 5.41 Å². The molecule has 0 saturated carbocycles. The van der Waals surface area contributed by atoms with Crippen molar-refractivity contribution in [3.8, 4) is 0 Å². The Bertz CT molecular complexity index is 444. The van der Waals surface area contributed by atoms with E-state index in [4.69, 9.17) is 22.7 Å². The summed E-state index contributed by atoms with van der Waals surface area (Å²) in [5.41, 5.74) is 7.18. The zero-order valence-electron chi connectivity index (χ0n) is 10.2. The summed E-state index contributed by atoms with van der Waals surface area (Å²) >= 11 is 6.14. The number of anilines is 1. The van der Waals surface area contributed by atoms with E-state index in [1.165, 1.54) is 6.42 Å². The zero-order valence-corrected chi connectivity index (χ0v) is 11.0. The number of hydrogen-bond acceptors (Lipinski definition) is 2. The van der Waals surface area contributed by atoms with Gasteiger partial charge in [-0.15, -0.1) is 0 Å². The van der Waals surface area contributed by atoms with E-state index in [9.17, 15) is 0 Å². The van der Waals surface area contributed by atoms with E-state index in [2.05, 4.69) is 18.7 Å².